The van der Waals surface area contributed by atoms with Gasteiger partial charge >= 0.3 is 5.97 Å². The highest BCUT2D eigenvalue weighted by atomic mass is 32.2. The van der Waals surface area contributed by atoms with Crippen LogP contribution in [0.1, 0.15) is 30.3 Å². The average Bonchev–Trinajstić information content (AvgIpc) is 2.83. The Morgan fingerprint density at radius 2 is 2.20 bits per heavy atom. The van der Waals surface area contributed by atoms with Gasteiger partial charge in [-0.2, -0.15) is 4.31 Å². The van der Waals surface area contributed by atoms with E-state index in [1.165, 1.54) is 21.1 Å². The Kier molecular flexibility index (Phi) is 4.17. The number of piperidine rings is 1. The number of hydrogen-bond acceptors (Lipinski definition) is 4. The van der Waals surface area contributed by atoms with Gasteiger partial charge in [0.1, 0.15) is 10.6 Å². The minimum atomic E-state index is -3.75. The van der Waals surface area contributed by atoms with E-state index < -0.39 is 22.1 Å². The molecule has 2 rings (SSSR count). The zero-order valence-corrected chi connectivity index (χ0v) is 12.0. The summed E-state index contributed by atoms with van der Waals surface area (Å²) >= 11 is 0. The molecule has 1 atom stereocenters. The molecule has 20 heavy (non-hydrogen) atoms. The maximum atomic E-state index is 12.4. The van der Waals surface area contributed by atoms with Gasteiger partial charge in [-0.15, -0.1) is 0 Å². The minimum absolute atomic E-state index is 0.0362. The largest absolute Gasteiger partial charge is 0.477 e. The second-order valence-electron chi connectivity index (χ2n) is 4.81. The van der Waals surface area contributed by atoms with E-state index in [2.05, 4.69) is 0 Å². The third kappa shape index (κ3) is 2.72. The van der Waals surface area contributed by atoms with Crippen molar-refractivity contribution >= 4 is 16.0 Å². The summed E-state index contributed by atoms with van der Waals surface area (Å²) in [7, 11) is -3.75. The first kappa shape index (κ1) is 15.0. The quantitative estimate of drug-likeness (QED) is 0.836. The molecule has 1 aliphatic rings. The highest BCUT2D eigenvalue weighted by Gasteiger charge is 2.31. The number of hydrogen-bond donors (Lipinski definition) is 2. The molecule has 0 amide bonds. The Morgan fingerprint density at radius 3 is 2.70 bits per heavy atom. The molecule has 1 fully saturated rings. The molecule has 1 aromatic heterocycles. The van der Waals surface area contributed by atoms with Gasteiger partial charge in [-0.1, -0.05) is 0 Å². The molecule has 0 saturated carbocycles. The smallest absolute Gasteiger partial charge is 0.352 e. The molecule has 1 aromatic rings. The van der Waals surface area contributed by atoms with Gasteiger partial charge in [0, 0.05) is 25.8 Å². The minimum Gasteiger partial charge on any atom is -0.477 e. The number of rotatable bonds is 4. The van der Waals surface area contributed by atoms with E-state index in [9.17, 15) is 18.3 Å². The van der Waals surface area contributed by atoms with Crippen LogP contribution in [0.15, 0.2) is 17.2 Å². The van der Waals surface area contributed by atoms with Crippen LogP contribution in [0.4, 0.5) is 0 Å². The van der Waals surface area contributed by atoms with E-state index in [0.717, 1.165) is 0 Å². The van der Waals surface area contributed by atoms with Gasteiger partial charge in [0.05, 0.1) is 6.10 Å². The van der Waals surface area contributed by atoms with E-state index in [0.29, 0.717) is 25.9 Å². The van der Waals surface area contributed by atoms with E-state index in [4.69, 9.17) is 5.11 Å². The predicted molar refractivity (Wildman–Crippen MR) is 71.1 cm³/mol. The van der Waals surface area contributed by atoms with Crippen LogP contribution in [-0.2, 0) is 16.6 Å². The molecule has 0 radical (unpaired) electrons. The second kappa shape index (κ2) is 5.55. The van der Waals surface area contributed by atoms with E-state index >= 15 is 0 Å². The van der Waals surface area contributed by atoms with Crippen molar-refractivity contribution in [3.05, 3.63) is 18.0 Å². The SMILES string of the molecule is CCn1cc(S(=O)(=O)N2CCC[C@H](O)C2)cc1C(=O)O. The molecule has 112 valence electrons. The normalized spacial score (nSPS) is 21.0. The van der Waals surface area contributed by atoms with Crippen molar-refractivity contribution in [3.63, 3.8) is 0 Å². The lowest BCUT2D eigenvalue weighted by Gasteiger charge is -2.28. The third-order valence-corrected chi connectivity index (χ3v) is 5.26. The van der Waals surface area contributed by atoms with Crippen molar-refractivity contribution in [1.29, 1.82) is 0 Å². The van der Waals surface area contributed by atoms with Crippen LogP contribution in [0.2, 0.25) is 0 Å². The fourth-order valence-corrected chi connectivity index (χ4v) is 3.91. The van der Waals surface area contributed by atoms with Crippen molar-refractivity contribution in [2.45, 2.75) is 37.3 Å². The lowest BCUT2D eigenvalue weighted by Crippen LogP contribution is -2.41. The molecular formula is C12H18N2O5S. The third-order valence-electron chi connectivity index (χ3n) is 3.43. The molecule has 1 saturated heterocycles. The fourth-order valence-electron chi connectivity index (χ4n) is 2.35. The van der Waals surface area contributed by atoms with Crippen LogP contribution >= 0.6 is 0 Å². The molecule has 0 spiro atoms. The van der Waals surface area contributed by atoms with Crippen molar-refractivity contribution < 1.29 is 23.4 Å². The lowest BCUT2D eigenvalue weighted by molar-refractivity contribution is 0.0685. The van der Waals surface area contributed by atoms with Gasteiger partial charge in [-0.3, -0.25) is 0 Å². The summed E-state index contributed by atoms with van der Waals surface area (Å²) in [5.74, 6) is -1.16. The summed E-state index contributed by atoms with van der Waals surface area (Å²) in [5.41, 5.74) is -0.0522. The monoisotopic (exact) mass is 302 g/mol. The Bertz CT molecular complexity index is 607. The molecule has 0 aliphatic carbocycles. The molecule has 0 unspecified atom stereocenters. The van der Waals surface area contributed by atoms with Crippen molar-refractivity contribution in [2.24, 2.45) is 0 Å². The molecule has 8 heteroatoms. The number of sulfonamides is 1. The van der Waals surface area contributed by atoms with Gasteiger partial charge in [-0.05, 0) is 25.8 Å². The number of aromatic carboxylic acids is 1. The molecule has 2 N–H and O–H groups in total. The Balaban J connectivity index is 2.36. The topological polar surface area (TPSA) is 99.8 Å². The molecule has 0 aromatic carbocycles. The number of aromatic nitrogens is 1. The van der Waals surface area contributed by atoms with Crippen LogP contribution in [0.5, 0.6) is 0 Å². The Labute approximate surface area is 117 Å². The van der Waals surface area contributed by atoms with Gasteiger partial charge in [0.15, 0.2) is 0 Å². The average molecular weight is 302 g/mol. The van der Waals surface area contributed by atoms with Crippen LogP contribution in [-0.4, -0.2) is 52.7 Å². The number of aliphatic hydroxyl groups excluding tert-OH is 1. The number of β-amino-alcohol motifs (C(OH)–C–C–N with tert-alkyl or cyclic N) is 1. The Hall–Kier alpha value is -1.38. The summed E-state index contributed by atoms with van der Waals surface area (Å²) in [5, 5.41) is 18.6. The summed E-state index contributed by atoms with van der Waals surface area (Å²) < 4.78 is 27.5. The standard InChI is InChI=1S/C12H18N2O5S/c1-2-13-8-10(6-11(13)12(16)17)20(18,19)14-5-3-4-9(15)7-14/h6,8-9,15H,2-5,7H2,1H3,(H,16,17)/t9-/m0/s1. The van der Waals surface area contributed by atoms with E-state index in [-0.39, 0.29) is 17.1 Å². The number of carboxylic acids is 1. The molecule has 7 nitrogen and oxygen atoms in total. The number of carbonyl (C=O) groups is 1. The molecular weight excluding hydrogens is 284 g/mol. The van der Waals surface area contributed by atoms with Gasteiger partial charge in [0.25, 0.3) is 0 Å². The van der Waals surface area contributed by atoms with E-state index in [1.54, 1.807) is 6.92 Å². The maximum Gasteiger partial charge on any atom is 0.352 e. The summed E-state index contributed by atoms with van der Waals surface area (Å²) in [6.07, 6.45) is 1.86. The predicted octanol–water partition coefficient (Wildman–Crippen LogP) is 0.352. The van der Waals surface area contributed by atoms with Gasteiger partial charge in [0.2, 0.25) is 10.0 Å². The fraction of sp³-hybridized carbons (Fsp3) is 0.583. The molecule has 1 aliphatic heterocycles. The lowest BCUT2D eigenvalue weighted by atomic mass is 10.1. The molecule has 2 heterocycles. The number of aryl methyl sites for hydroxylation is 1. The zero-order chi connectivity index (χ0) is 14.9. The van der Waals surface area contributed by atoms with Crippen LogP contribution in [0.25, 0.3) is 0 Å². The maximum absolute atomic E-state index is 12.4. The van der Waals surface area contributed by atoms with Crippen molar-refractivity contribution in [1.82, 2.24) is 8.87 Å². The summed E-state index contributed by atoms with van der Waals surface area (Å²) in [4.78, 5) is 11.0. The molecule has 0 bridgehead atoms. The zero-order valence-electron chi connectivity index (χ0n) is 11.2. The van der Waals surface area contributed by atoms with Gasteiger partial charge < -0.3 is 14.8 Å². The van der Waals surface area contributed by atoms with Crippen LogP contribution in [0, 0.1) is 0 Å². The van der Waals surface area contributed by atoms with Crippen LogP contribution < -0.4 is 0 Å². The van der Waals surface area contributed by atoms with Crippen molar-refractivity contribution in [2.75, 3.05) is 13.1 Å². The van der Waals surface area contributed by atoms with Gasteiger partial charge in [-0.25, -0.2) is 13.2 Å². The number of nitrogens with zero attached hydrogens (tertiary/aromatic N) is 2. The summed E-state index contributed by atoms with van der Waals surface area (Å²) in [6, 6.07) is 1.17. The second-order valence-corrected chi connectivity index (χ2v) is 6.75. The number of carboxylic acid groups (broad SMARTS) is 1. The highest BCUT2D eigenvalue weighted by Crippen LogP contribution is 2.22. The Morgan fingerprint density at radius 1 is 1.50 bits per heavy atom. The first-order valence-electron chi connectivity index (χ1n) is 6.48. The number of aliphatic hydroxyl groups is 1. The van der Waals surface area contributed by atoms with Crippen LogP contribution in [0.3, 0.4) is 0 Å². The van der Waals surface area contributed by atoms with E-state index in [1.807, 2.05) is 0 Å². The highest BCUT2D eigenvalue weighted by molar-refractivity contribution is 7.89. The van der Waals surface area contributed by atoms with Crippen molar-refractivity contribution in [3.8, 4) is 0 Å². The summed E-state index contributed by atoms with van der Waals surface area (Å²) in [6.45, 7) is 2.52. The first-order chi connectivity index (χ1) is 9.36. The first-order valence-corrected chi connectivity index (χ1v) is 7.92.